The molecule has 0 spiro atoms. The number of nitrogens with one attached hydrogen (secondary N) is 1. The highest BCUT2D eigenvalue weighted by Crippen LogP contribution is 2.27. The van der Waals surface area contributed by atoms with Gasteiger partial charge in [-0.1, -0.05) is 0 Å². The van der Waals surface area contributed by atoms with Crippen LogP contribution in [0.3, 0.4) is 0 Å². The molecule has 0 unspecified atom stereocenters. The van der Waals surface area contributed by atoms with Crippen molar-refractivity contribution in [1.29, 1.82) is 0 Å². The van der Waals surface area contributed by atoms with Crippen LogP contribution < -0.4 is 11.1 Å². The minimum absolute atomic E-state index is 0.00285. The van der Waals surface area contributed by atoms with Crippen molar-refractivity contribution in [2.24, 2.45) is 0 Å². The summed E-state index contributed by atoms with van der Waals surface area (Å²) in [5, 5.41) is 6.89. The molecule has 0 saturated heterocycles. The summed E-state index contributed by atoms with van der Waals surface area (Å²) in [5.74, 6) is -2.18. The molecule has 112 valence electrons. The van der Waals surface area contributed by atoms with Gasteiger partial charge in [0.2, 0.25) is 0 Å². The Kier molecular flexibility index (Phi) is 4.06. The number of ether oxygens (including phenoxy) is 1. The molecule has 1 aromatic carbocycles. The smallest absolute Gasteiger partial charge is 0.345 e. The number of nitrogen functional groups attached to an aromatic ring is 1. The van der Waals surface area contributed by atoms with E-state index in [2.05, 4.69) is 15.2 Å². The van der Waals surface area contributed by atoms with Crippen LogP contribution in [0.25, 0.3) is 5.69 Å². The number of rotatable bonds is 4. The first-order valence-electron chi connectivity index (χ1n) is 6.15. The molecule has 0 saturated carbocycles. The number of carbonyl (C=O) groups is 1. The Morgan fingerprint density at radius 1 is 1.48 bits per heavy atom. The van der Waals surface area contributed by atoms with Gasteiger partial charge in [-0.3, -0.25) is 0 Å². The van der Waals surface area contributed by atoms with Crippen molar-refractivity contribution in [3.8, 4) is 5.69 Å². The Hall–Kier alpha value is -2.64. The van der Waals surface area contributed by atoms with E-state index in [4.69, 9.17) is 5.73 Å². The minimum Gasteiger partial charge on any atom is -0.465 e. The number of nitrogens with zero attached hydrogens (tertiary/aromatic N) is 2. The van der Waals surface area contributed by atoms with Crippen LogP contribution in [0.5, 0.6) is 0 Å². The van der Waals surface area contributed by atoms with Crippen molar-refractivity contribution >= 4 is 17.6 Å². The molecule has 6 nitrogen and oxygen atoms in total. The van der Waals surface area contributed by atoms with E-state index >= 15 is 0 Å². The third-order valence-corrected chi connectivity index (χ3v) is 2.79. The summed E-state index contributed by atoms with van der Waals surface area (Å²) in [7, 11) is 1.20. The van der Waals surface area contributed by atoms with Crippen molar-refractivity contribution in [3.05, 3.63) is 35.4 Å². The number of esters is 1. The molecule has 8 heteroatoms. The van der Waals surface area contributed by atoms with Crippen LogP contribution in [-0.4, -0.2) is 29.4 Å². The maximum Gasteiger partial charge on any atom is 0.345 e. The van der Waals surface area contributed by atoms with Crippen LogP contribution in [0.15, 0.2) is 18.2 Å². The van der Waals surface area contributed by atoms with Gasteiger partial charge < -0.3 is 15.8 Å². The highest BCUT2D eigenvalue weighted by Gasteiger charge is 2.24. The molecule has 0 radical (unpaired) electrons. The lowest BCUT2D eigenvalue weighted by Gasteiger charge is -2.05. The number of hydrogen-bond acceptors (Lipinski definition) is 5. The summed E-state index contributed by atoms with van der Waals surface area (Å²) in [6, 6.07) is 2.97. The predicted octanol–water partition coefficient (Wildman–Crippen LogP) is 1.95. The number of nitrogens with two attached hydrogens (primary N) is 1. The summed E-state index contributed by atoms with van der Waals surface area (Å²) in [6.07, 6.45) is 0. The average Bonchev–Trinajstić information content (AvgIpc) is 2.75. The zero-order chi connectivity index (χ0) is 15.6. The molecule has 0 fully saturated rings. The van der Waals surface area contributed by atoms with Gasteiger partial charge in [0, 0.05) is 12.6 Å². The molecule has 0 aliphatic carbocycles. The van der Waals surface area contributed by atoms with E-state index < -0.39 is 17.6 Å². The van der Waals surface area contributed by atoms with Crippen molar-refractivity contribution in [2.45, 2.75) is 6.92 Å². The number of aromatic nitrogens is 2. The van der Waals surface area contributed by atoms with E-state index in [0.717, 1.165) is 10.7 Å². The maximum absolute atomic E-state index is 13.8. The Morgan fingerprint density at radius 3 is 2.76 bits per heavy atom. The van der Waals surface area contributed by atoms with Gasteiger partial charge in [0.05, 0.1) is 7.11 Å². The molecule has 2 rings (SSSR count). The second-order valence-electron chi connectivity index (χ2n) is 4.14. The van der Waals surface area contributed by atoms with Crippen molar-refractivity contribution in [2.75, 3.05) is 24.7 Å². The summed E-state index contributed by atoms with van der Waals surface area (Å²) in [5.41, 5.74) is 5.79. The summed E-state index contributed by atoms with van der Waals surface area (Å²) >= 11 is 0. The number of halogens is 2. The monoisotopic (exact) mass is 296 g/mol. The van der Waals surface area contributed by atoms with Gasteiger partial charge in [-0.25, -0.2) is 18.3 Å². The molecule has 0 bridgehead atoms. The van der Waals surface area contributed by atoms with Crippen molar-refractivity contribution in [1.82, 2.24) is 9.78 Å². The molecule has 2 aromatic rings. The predicted molar refractivity (Wildman–Crippen MR) is 73.4 cm³/mol. The average molecular weight is 296 g/mol. The van der Waals surface area contributed by atoms with Crippen LogP contribution in [-0.2, 0) is 4.74 Å². The molecule has 3 N–H and O–H groups in total. The van der Waals surface area contributed by atoms with Crippen molar-refractivity contribution < 1.29 is 18.3 Å². The van der Waals surface area contributed by atoms with Gasteiger partial charge in [0.15, 0.2) is 11.6 Å². The van der Waals surface area contributed by atoms with Crippen LogP contribution in [0.1, 0.15) is 17.3 Å². The number of hydrogen-bond donors (Lipinski definition) is 2. The lowest BCUT2D eigenvalue weighted by molar-refractivity contribution is 0.0603. The van der Waals surface area contributed by atoms with Gasteiger partial charge in [0.25, 0.3) is 0 Å². The Labute approximate surface area is 119 Å². The lowest BCUT2D eigenvalue weighted by Crippen LogP contribution is -2.09. The summed E-state index contributed by atoms with van der Waals surface area (Å²) < 4.78 is 32.5. The highest BCUT2D eigenvalue weighted by atomic mass is 19.1. The quantitative estimate of drug-likeness (QED) is 0.843. The van der Waals surface area contributed by atoms with Crippen LogP contribution in [0, 0.1) is 11.6 Å². The maximum atomic E-state index is 13.8. The summed E-state index contributed by atoms with van der Waals surface area (Å²) in [4.78, 5) is 11.8. The number of carbonyl (C=O) groups excluding carboxylic acids is 1. The zero-order valence-corrected chi connectivity index (χ0v) is 11.5. The molecule has 1 aromatic heterocycles. The van der Waals surface area contributed by atoms with Crippen molar-refractivity contribution in [3.63, 3.8) is 0 Å². The molecule has 0 amide bonds. The van der Waals surface area contributed by atoms with Gasteiger partial charge in [0.1, 0.15) is 22.9 Å². The van der Waals surface area contributed by atoms with E-state index in [1.807, 2.05) is 0 Å². The van der Waals surface area contributed by atoms with Gasteiger partial charge in [-0.15, -0.1) is 5.10 Å². The molecule has 1 heterocycles. The standard InChI is InChI=1S/C13H14F2N4O2/c1-3-17-12-10(13(20)21-2)11(16)19(18-12)9-5-4-7(14)6-8(9)15/h4-6H,3,16H2,1-2H3,(H,17,18). The Balaban J connectivity index is 2.62. The first kappa shape index (κ1) is 14.8. The number of methoxy groups -OCH3 is 1. The van der Waals surface area contributed by atoms with Gasteiger partial charge in [-0.05, 0) is 19.1 Å². The van der Waals surface area contributed by atoms with Crippen LogP contribution in [0.4, 0.5) is 20.4 Å². The first-order valence-corrected chi connectivity index (χ1v) is 6.15. The fraction of sp³-hybridized carbons (Fsp3) is 0.231. The Bertz CT molecular complexity index is 685. The Morgan fingerprint density at radius 2 is 2.19 bits per heavy atom. The third kappa shape index (κ3) is 2.64. The van der Waals surface area contributed by atoms with Gasteiger partial charge >= 0.3 is 5.97 Å². The van der Waals surface area contributed by atoms with E-state index in [1.165, 1.54) is 13.2 Å². The van der Waals surface area contributed by atoms with Crippen LogP contribution >= 0.6 is 0 Å². The first-order chi connectivity index (χ1) is 9.99. The molecule has 0 aliphatic heterocycles. The molecular weight excluding hydrogens is 282 g/mol. The fourth-order valence-electron chi connectivity index (χ4n) is 1.86. The zero-order valence-electron chi connectivity index (χ0n) is 11.5. The van der Waals surface area contributed by atoms with E-state index in [0.29, 0.717) is 12.6 Å². The number of anilines is 2. The second kappa shape index (κ2) is 5.78. The molecule has 0 aliphatic rings. The van der Waals surface area contributed by atoms with E-state index in [1.54, 1.807) is 6.92 Å². The highest BCUT2D eigenvalue weighted by molar-refractivity contribution is 5.99. The SMILES string of the molecule is CCNc1nn(-c2ccc(F)cc2F)c(N)c1C(=O)OC. The lowest BCUT2D eigenvalue weighted by atomic mass is 10.2. The molecule has 21 heavy (non-hydrogen) atoms. The summed E-state index contributed by atoms with van der Waals surface area (Å²) in [6.45, 7) is 2.28. The van der Waals surface area contributed by atoms with Crippen LogP contribution in [0.2, 0.25) is 0 Å². The fourth-order valence-corrected chi connectivity index (χ4v) is 1.86. The number of benzene rings is 1. The third-order valence-electron chi connectivity index (χ3n) is 2.79. The van der Waals surface area contributed by atoms with Gasteiger partial charge in [-0.2, -0.15) is 0 Å². The van der Waals surface area contributed by atoms with E-state index in [9.17, 15) is 13.6 Å². The second-order valence-corrected chi connectivity index (χ2v) is 4.14. The molecule has 0 atom stereocenters. The minimum atomic E-state index is -0.844. The normalized spacial score (nSPS) is 10.5. The van der Waals surface area contributed by atoms with E-state index in [-0.39, 0.29) is 22.9 Å². The topological polar surface area (TPSA) is 82.2 Å². The molecular formula is C13H14F2N4O2. The largest absolute Gasteiger partial charge is 0.465 e.